The minimum absolute atomic E-state index is 0.0650. The fraction of sp³-hybridized carbons (Fsp3) is 0.364. The molecular formula is C11H12F2O2. The number of alkyl halides is 2. The zero-order valence-electron chi connectivity index (χ0n) is 8.28. The van der Waals surface area contributed by atoms with Crippen LogP contribution in [0, 0.1) is 0 Å². The molecule has 0 spiro atoms. The van der Waals surface area contributed by atoms with E-state index in [2.05, 4.69) is 0 Å². The molecule has 82 valence electrons. The van der Waals surface area contributed by atoms with E-state index >= 15 is 0 Å². The van der Waals surface area contributed by atoms with Crippen LogP contribution in [0.4, 0.5) is 8.78 Å². The van der Waals surface area contributed by atoms with E-state index in [-0.39, 0.29) is 5.56 Å². The van der Waals surface area contributed by atoms with Crippen molar-refractivity contribution >= 4 is 5.78 Å². The summed E-state index contributed by atoms with van der Waals surface area (Å²) in [6, 6.07) is 7.51. The van der Waals surface area contributed by atoms with Crippen molar-refractivity contribution in [3.63, 3.8) is 0 Å². The van der Waals surface area contributed by atoms with Crippen molar-refractivity contribution in [1.82, 2.24) is 0 Å². The monoisotopic (exact) mass is 214 g/mol. The lowest BCUT2D eigenvalue weighted by molar-refractivity contribution is -0.137. The van der Waals surface area contributed by atoms with Gasteiger partial charge >= 0.3 is 0 Å². The highest BCUT2D eigenvalue weighted by Crippen LogP contribution is 2.31. The van der Waals surface area contributed by atoms with Gasteiger partial charge in [0.15, 0.2) is 5.60 Å². The fourth-order valence-corrected chi connectivity index (χ4v) is 1.41. The van der Waals surface area contributed by atoms with Crippen LogP contribution in [0.2, 0.25) is 0 Å². The first-order chi connectivity index (χ1) is 6.97. The van der Waals surface area contributed by atoms with Gasteiger partial charge in [-0.3, -0.25) is 4.79 Å². The molecule has 1 atom stereocenters. The number of hydrogen-bond donors (Lipinski definition) is 1. The highest BCUT2D eigenvalue weighted by molar-refractivity contribution is 5.77. The van der Waals surface area contributed by atoms with Crippen molar-refractivity contribution in [3.05, 3.63) is 35.9 Å². The van der Waals surface area contributed by atoms with Crippen LogP contribution in [0.3, 0.4) is 0 Å². The Morgan fingerprint density at radius 2 is 1.93 bits per heavy atom. The Hall–Kier alpha value is -1.29. The van der Waals surface area contributed by atoms with Crippen molar-refractivity contribution in [2.24, 2.45) is 0 Å². The van der Waals surface area contributed by atoms with Gasteiger partial charge in [-0.2, -0.15) is 0 Å². The number of halogens is 2. The Morgan fingerprint density at radius 1 is 1.40 bits per heavy atom. The molecule has 0 bridgehead atoms. The predicted octanol–water partition coefficient (Wildman–Crippen LogP) is 2.12. The number of aliphatic hydroxyl groups is 1. The van der Waals surface area contributed by atoms with Crippen LogP contribution in [0.5, 0.6) is 0 Å². The van der Waals surface area contributed by atoms with Crippen LogP contribution in [0.15, 0.2) is 30.3 Å². The van der Waals surface area contributed by atoms with Gasteiger partial charge in [0.2, 0.25) is 0 Å². The molecule has 0 saturated carbocycles. The van der Waals surface area contributed by atoms with E-state index in [1.165, 1.54) is 19.1 Å². The Kier molecular flexibility index (Phi) is 3.52. The molecule has 2 nitrogen and oxygen atoms in total. The number of carbonyl (C=O) groups excluding carboxylic acids is 1. The van der Waals surface area contributed by atoms with Gasteiger partial charge in [0.1, 0.15) is 5.78 Å². The Bertz CT molecular complexity index is 338. The van der Waals surface area contributed by atoms with Crippen LogP contribution in [0.25, 0.3) is 0 Å². The minimum Gasteiger partial charge on any atom is -0.379 e. The summed E-state index contributed by atoms with van der Waals surface area (Å²) in [7, 11) is 0. The summed E-state index contributed by atoms with van der Waals surface area (Å²) in [6.07, 6.45) is -3.56. The number of benzene rings is 1. The molecule has 0 aliphatic heterocycles. The lowest BCUT2D eigenvalue weighted by Gasteiger charge is -2.26. The number of hydrogen-bond acceptors (Lipinski definition) is 2. The van der Waals surface area contributed by atoms with E-state index in [0.29, 0.717) is 0 Å². The molecule has 0 saturated heterocycles. The van der Waals surface area contributed by atoms with Crippen molar-refractivity contribution in [2.45, 2.75) is 25.4 Å². The van der Waals surface area contributed by atoms with Crippen molar-refractivity contribution in [2.75, 3.05) is 0 Å². The van der Waals surface area contributed by atoms with E-state index in [9.17, 15) is 18.7 Å². The molecule has 1 N–H and O–H groups in total. The van der Waals surface area contributed by atoms with E-state index in [1.807, 2.05) is 0 Å². The van der Waals surface area contributed by atoms with Gasteiger partial charge in [-0.05, 0) is 12.5 Å². The molecule has 4 heteroatoms. The van der Waals surface area contributed by atoms with E-state index in [0.717, 1.165) is 0 Å². The third-order valence-corrected chi connectivity index (χ3v) is 2.15. The zero-order valence-corrected chi connectivity index (χ0v) is 8.28. The average molecular weight is 214 g/mol. The SMILES string of the molecule is CC(=O)CC(O)(c1ccccc1)C(F)F. The second-order valence-corrected chi connectivity index (χ2v) is 3.47. The smallest absolute Gasteiger partial charge is 0.271 e. The maximum absolute atomic E-state index is 12.7. The fourth-order valence-electron chi connectivity index (χ4n) is 1.41. The summed E-state index contributed by atoms with van der Waals surface area (Å²) in [4.78, 5) is 10.8. The number of Topliss-reactive ketones (excluding diaryl/α,β-unsaturated/α-hetero) is 1. The van der Waals surface area contributed by atoms with Crippen LogP contribution in [-0.4, -0.2) is 17.3 Å². The topological polar surface area (TPSA) is 37.3 Å². The summed E-state index contributed by atoms with van der Waals surface area (Å²) < 4.78 is 25.5. The zero-order chi connectivity index (χ0) is 11.5. The lowest BCUT2D eigenvalue weighted by atomic mass is 9.89. The molecular weight excluding hydrogens is 202 g/mol. The van der Waals surface area contributed by atoms with Crippen molar-refractivity contribution in [3.8, 4) is 0 Å². The molecule has 0 radical (unpaired) electrons. The summed E-state index contributed by atoms with van der Waals surface area (Å²) in [5.74, 6) is -0.471. The van der Waals surface area contributed by atoms with E-state index < -0.39 is 24.2 Å². The third kappa shape index (κ3) is 2.59. The highest BCUT2D eigenvalue weighted by atomic mass is 19.3. The Labute approximate surface area is 86.5 Å². The first-order valence-corrected chi connectivity index (χ1v) is 4.52. The molecule has 1 rings (SSSR count). The summed E-state index contributed by atoms with van der Waals surface area (Å²) >= 11 is 0. The molecule has 0 amide bonds. The average Bonchev–Trinajstić information content (AvgIpc) is 2.17. The van der Waals surface area contributed by atoms with E-state index in [1.54, 1.807) is 18.2 Å². The molecule has 0 fully saturated rings. The maximum atomic E-state index is 12.7. The molecule has 1 unspecified atom stereocenters. The number of ketones is 1. The van der Waals surface area contributed by atoms with Crippen LogP contribution in [0.1, 0.15) is 18.9 Å². The first-order valence-electron chi connectivity index (χ1n) is 4.52. The predicted molar refractivity (Wildman–Crippen MR) is 51.6 cm³/mol. The largest absolute Gasteiger partial charge is 0.379 e. The highest BCUT2D eigenvalue weighted by Gasteiger charge is 2.40. The van der Waals surface area contributed by atoms with Crippen LogP contribution in [-0.2, 0) is 10.4 Å². The number of rotatable bonds is 4. The van der Waals surface area contributed by atoms with E-state index in [4.69, 9.17) is 0 Å². The molecule has 1 aromatic rings. The summed E-state index contributed by atoms with van der Waals surface area (Å²) in [5, 5.41) is 9.76. The normalized spacial score (nSPS) is 15.0. The van der Waals surface area contributed by atoms with Crippen LogP contribution >= 0.6 is 0 Å². The molecule has 15 heavy (non-hydrogen) atoms. The standard InChI is InChI=1S/C11H12F2O2/c1-8(14)7-11(15,10(12)13)9-5-3-2-4-6-9/h2-6,10,15H,7H2,1H3. The Morgan fingerprint density at radius 3 is 2.33 bits per heavy atom. The van der Waals surface area contributed by atoms with Gasteiger partial charge in [-0.1, -0.05) is 30.3 Å². The quantitative estimate of drug-likeness (QED) is 0.833. The van der Waals surface area contributed by atoms with Gasteiger partial charge < -0.3 is 5.11 Å². The second kappa shape index (κ2) is 4.49. The van der Waals surface area contributed by atoms with Gasteiger partial charge in [-0.15, -0.1) is 0 Å². The molecule has 0 aliphatic rings. The third-order valence-electron chi connectivity index (χ3n) is 2.15. The first kappa shape index (κ1) is 11.8. The van der Waals surface area contributed by atoms with Gasteiger partial charge in [0.05, 0.1) is 0 Å². The second-order valence-electron chi connectivity index (χ2n) is 3.47. The molecule has 1 aromatic carbocycles. The van der Waals surface area contributed by atoms with Gasteiger partial charge in [0, 0.05) is 6.42 Å². The van der Waals surface area contributed by atoms with Gasteiger partial charge in [0.25, 0.3) is 6.43 Å². The van der Waals surface area contributed by atoms with Crippen molar-refractivity contribution in [1.29, 1.82) is 0 Å². The molecule has 0 aromatic heterocycles. The maximum Gasteiger partial charge on any atom is 0.271 e. The number of carbonyl (C=O) groups is 1. The van der Waals surface area contributed by atoms with Gasteiger partial charge in [-0.25, -0.2) is 8.78 Å². The van der Waals surface area contributed by atoms with Crippen molar-refractivity contribution < 1.29 is 18.7 Å². The summed E-state index contributed by atoms with van der Waals surface area (Å²) in [5.41, 5.74) is -2.30. The molecule has 0 aliphatic carbocycles. The Balaban J connectivity index is 3.07. The lowest BCUT2D eigenvalue weighted by Crippen LogP contribution is -2.36. The minimum atomic E-state index is -2.98. The molecule has 0 heterocycles. The summed E-state index contributed by atoms with van der Waals surface area (Å²) in [6.45, 7) is 1.18. The van der Waals surface area contributed by atoms with Crippen LogP contribution < -0.4 is 0 Å².